The molecule has 0 unspecified atom stereocenters. The van der Waals surface area contributed by atoms with Crippen LogP contribution in [0.5, 0.6) is 0 Å². The Hall–Kier alpha value is -5.12. The van der Waals surface area contributed by atoms with Gasteiger partial charge in [-0.25, -0.2) is 4.79 Å². The van der Waals surface area contributed by atoms with E-state index in [-0.39, 0.29) is 45.9 Å². The molecule has 2 aromatic heterocycles. The zero-order chi connectivity index (χ0) is 25.1. The summed E-state index contributed by atoms with van der Waals surface area (Å²) in [7, 11) is 1.58. The molecule has 10 nitrogen and oxygen atoms in total. The molecule has 176 valence electrons. The molecule has 10 heteroatoms. The van der Waals surface area contributed by atoms with Crippen LogP contribution in [-0.4, -0.2) is 36.7 Å². The number of para-hydroxylation sites is 1. The number of ketones is 2. The van der Waals surface area contributed by atoms with Crippen LogP contribution in [0.1, 0.15) is 48.0 Å². The van der Waals surface area contributed by atoms with Gasteiger partial charge in [0.15, 0.2) is 24.0 Å². The zero-order valence-corrected chi connectivity index (χ0v) is 18.9. The Morgan fingerprint density at radius 3 is 2.36 bits per heavy atom. The molecule has 1 aliphatic carbocycles. The van der Waals surface area contributed by atoms with Crippen LogP contribution < -0.4 is 11.3 Å². The number of nitrogens with zero attached hydrogens (tertiary/aromatic N) is 4. The smallest absolute Gasteiger partial charge is 0.340 e. The summed E-state index contributed by atoms with van der Waals surface area (Å²) in [5.74, 6) is -0.967. The van der Waals surface area contributed by atoms with E-state index in [1.165, 1.54) is 16.7 Å². The maximum Gasteiger partial charge on any atom is 0.340 e. The first-order chi connectivity index (χ1) is 17.4. The van der Waals surface area contributed by atoms with E-state index in [1.54, 1.807) is 60.0 Å². The Morgan fingerprint density at radius 2 is 1.58 bits per heavy atom. The van der Waals surface area contributed by atoms with Gasteiger partial charge in [-0.15, -0.1) is 10.2 Å². The molecular weight excluding hydrogens is 462 g/mol. The lowest BCUT2D eigenvalue weighted by Gasteiger charge is -2.20. The standard InChI is InChI=1S/C26H17N5O5/c1-30-24(34)15-8-4-5-9-18(15)31-19(28-29-26(30)31)12-36-25(35)17-11-10-16-20(21(17)27)23(33)14-7-3-2-6-13(14)22(16)32/h2-11H,12,27H2,1H3. The van der Waals surface area contributed by atoms with E-state index >= 15 is 0 Å². The van der Waals surface area contributed by atoms with Crippen LogP contribution >= 0.6 is 0 Å². The van der Waals surface area contributed by atoms with E-state index < -0.39 is 11.8 Å². The predicted octanol–water partition coefficient (Wildman–Crippen LogP) is 2.30. The van der Waals surface area contributed by atoms with Gasteiger partial charge in [-0.3, -0.25) is 23.4 Å². The fourth-order valence-corrected chi connectivity index (χ4v) is 4.58. The fourth-order valence-electron chi connectivity index (χ4n) is 4.58. The number of aromatic nitrogens is 4. The summed E-state index contributed by atoms with van der Waals surface area (Å²) in [5.41, 5.74) is 7.07. The first kappa shape index (κ1) is 21.4. The van der Waals surface area contributed by atoms with E-state index in [4.69, 9.17) is 10.5 Å². The minimum atomic E-state index is -0.791. The third-order valence-corrected chi connectivity index (χ3v) is 6.38. The summed E-state index contributed by atoms with van der Waals surface area (Å²) in [6.07, 6.45) is 0. The van der Waals surface area contributed by atoms with Gasteiger partial charge < -0.3 is 10.5 Å². The molecule has 0 saturated carbocycles. The Kier molecular flexibility index (Phi) is 4.58. The van der Waals surface area contributed by atoms with Crippen LogP contribution in [0.3, 0.4) is 0 Å². The third kappa shape index (κ3) is 2.91. The van der Waals surface area contributed by atoms with Crippen molar-refractivity contribution < 1.29 is 19.1 Å². The molecule has 5 aromatic rings. The second-order valence-corrected chi connectivity index (χ2v) is 8.36. The molecule has 2 N–H and O–H groups in total. The van der Waals surface area contributed by atoms with Crippen molar-refractivity contribution >= 4 is 39.9 Å². The molecule has 0 radical (unpaired) electrons. The van der Waals surface area contributed by atoms with Crippen molar-refractivity contribution in [1.82, 2.24) is 19.2 Å². The lowest BCUT2D eigenvalue weighted by Crippen LogP contribution is -2.24. The molecule has 0 bridgehead atoms. The van der Waals surface area contributed by atoms with Crippen molar-refractivity contribution in [2.75, 3.05) is 5.73 Å². The quantitative estimate of drug-likeness (QED) is 0.301. The van der Waals surface area contributed by atoms with E-state index in [0.29, 0.717) is 28.1 Å². The summed E-state index contributed by atoms with van der Waals surface area (Å²) in [5, 5.41) is 8.63. The number of aryl methyl sites for hydroxylation is 1. The van der Waals surface area contributed by atoms with E-state index in [9.17, 15) is 19.2 Å². The van der Waals surface area contributed by atoms with E-state index in [0.717, 1.165) is 0 Å². The monoisotopic (exact) mass is 479 g/mol. The molecule has 0 amide bonds. The van der Waals surface area contributed by atoms with Gasteiger partial charge in [0.1, 0.15) is 0 Å². The Labute approximate surface area is 202 Å². The number of benzene rings is 3. The number of nitrogens with two attached hydrogens (primary N) is 1. The number of carbonyl (C=O) groups excluding carboxylic acids is 3. The molecule has 0 fully saturated rings. The molecule has 0 atom stereocenters. The third-order valence-electron chi connectivity index (χ3n) is 6.38. The van der Waals surface area contributed by atoms with Gasteiger partial charge in [-0.05, 0) is 24.3 Å². The van der Waals surface area contributed by atoms with Gasteiger partial charge in [-0.1, -0.05) is 36.4 Å². The van der Waals surface area contributed by atoms with Crippen LogP contribution in [0.15, 0.2) is 65.5 Å². The Morgan fingerprint density at radius 1 is 0.889 bits per heavy atom. The maximum absolute atomic E-state index is 13.1. The number of anilines is 1. The Bertz CT molecular complexity index is 1850. The molecule has 1 aliphatic rings. The number of rotatable bonds is 3. The van der Waals surface area contributed by atoms with Gasteiger partial charge in [0.25, 0.3) is 5.56 Å². The molecule has 0 spiro atoms. The summed E-state index contributed by atoms with van der Waals surface area (Å²) in [6.45, 7) is -0.269. The van der Waals surface area contributed by atoms with Crippen molar-refractivity contribution in [2.24, 2.45) is 7.05 Å². The number of ether oxygens (including phenoxy) is 1. The first-order valence-electron chi connectivity index (χ1n) is 11.0. The van der Waals surface area contributed by atoms with Crippen LogP contribution in [0, 0.1) is 0 Å². The SMILES string of the molecule is Cn1c(=O)c2ccccc2n2c(COC(=O)c3ccc4c(c3N)C(=O)c3ccccc3C4=O)nnc12. The predicted molar refractivity (Wildman–Crippen MR) is 129 cm³/mol. The minimum absolute atomic E-state index is 0.0120. The van der Waals surface area contributed by atoms with Crippen LogP contribution in [0.4, 0.5) is 5.69 Å². The average molecular weight is 479 g/mol. The number of fused-ring (bicyclic) bond motifs is 5. The molecular formula is C26H17N5O5. The minimum Gasteiger partial charge on any atom is -0.454 e. The highest BCUT2D eigenvalue weighted by molar-refractivity contribution is 6.30. The van der Waals surface area contributed by atoms with Crippen molar-refractivity contribution in [1.29, 1.82) is 0 Å². The van der Waals surface area contributed by atoms with Crippen molar-refractivity contribution in [3.63, 3.8) is 0 Å². The maximum atomic E-state index is 13.1. The topological polar surface area (TPSA) is 139 Å². The summed E-state index contributed by atoms with van der Waals surface area (Å²) in [4.78, 5) is 51.6. The summed E-state index contributed by atoms with van der Waals surface area (Å²) in [6, 6.07) is 16.2. The van der Waals surface area contributed by atoms with Crippen molar-refractivity contribution in [3.8, 4) is 0 Å². The first-order valence-corrected chi connectivity index (χ1v) is 11.0. The normalized spacial score (nSPS) is 12.6. The molecule has 0 saturated heterocycles. The molecule has 2 heterocycles. The summed E-state index contributed by atoms with van der Waals surface area (Å²) >= 11 is 0. The summed E-state index contributed by atoms with van der Waals surface area (Å²) < 4.78 is 8.48. The molecule has 6 rings (SSSR count). The van der Waals surface area contributed by atoms with Gasteiger partial charge in [0.05, 0.1) is 27.7 Å². The second kappa shape index (κ2) is 7.70. The average Bonchev–Trinajstić information content (AvgIpc) is 3.33. The van der Waals surface area contributed by atoms with Crippen LogP contribution in [-0.2, 0) is 18.4 Å². The van der Waals surface area contributed by atoms with Crippen molar-refractivity contribution in [2.45, 2.75) is 6.61 Å². The number of nitrogen functional groups attached to an aromatic ring is 1. The van der Waals surface area contributed by atoms with Gasteiger partial charge in [0.2, 0.25) is 5.78 Å². The Balaban J connectivity index is 1.36. The highest BCUT2D eigenvalue weighted by Gasteiger charge is 2.33. The lowest BCUT2D eigenvalue weighted by atomic mass is 9.82. The number of hydrogen-bond donors (Lipinski definition) is 1. The largest absolute Gasteiger partial charge is 0.454 e. The highest BCUT2D eigenvalue weighted by atomic mass is 16.5. The molecule has 0 aliphatic heterocycles. The van der Waals surface area contributed by atoms with Crippen LogP contribution in [0.2, 0.25) is 0 Å². The second-order valence-electron chi connectivity index (χ2n) is 8.36. The number of esters is 1. The van der Waals surface area contributed by atoms with E-state index in [2.05, 4.69) is 10.2 Å². The number of hydrogen-bond acceptors (Lipinski definition) is 8. The molecule has 36 heavy (non-hydrogen) atoms. The number of carbonyl (C=O) groups is 3. The highest BCUT2D eigenvalue weighted by Crippen LogP contribution is 2.33. The van der Waals surface area contributed by atoms with Crippen LogP contribution in [0.25, 0.3) is 16.7 Å². The van der Waals surface area contributed by atoms with E-state index in [1.807, 2.05) is 0 Å². The van der Waals surface area contributed by atoms with Gasteiger partial charge in [0, 0.05) is 23.7 Å². The lowest BCUT2D eigenvalue weighted by molar-refractivity contribution is 0.0462. The van der Waals surface area contributed by atoms with Gasteiger partial charge >= 0.3 is 5.97 Å². The fraction of sp³-hybridized carbons (Fsp3) is 0.0769. The van der Waals surface area contributed by atoms with Crippen molar-refractivity contribution in [3.05, 3.63) is 105 Å². The zero-order valence-electron chi connectivity index (χ0n) is 18.9. The molecule has 3 aromatic carbocycles. The van der Waals surface area contributed by atoms with Gasteiger partial charge in [-0.2, -0.15) is 0 Å².